The second-order valence-corrected chi connectivity index (χ2v) is 5.10. The number of carbonyl (C=O) groups is 1. The lowest BCUT2D eigenvalue weighted by atomic mass is 10.1. The van der Waals surface area contributed by atoms with Crippen LogP contribution in [0, 0.1) is 22.5 Å². The van der Waals surface area contributed by atoms with Gasteiger partial charge in [-0.3, -0.25) is 19.8 Å². The highest BCUT2D eigenvalue weighted by atomic mass is 35.5. The third-order valence-corrected chi connectivity index (χ3v) is 3.68. The predicted octanol–water partition coefficient (Wildman–Crippen LogP) is 1.64. The average molecular weight is 308 g/mol. The van der Waals surface area contributed by atoms with Crippen LogP contribution in [0.5, 0.6) is 0 Å². The summed E-state index contributed by atoms with van der Waals surface area (Å²) in [7, 11) is 0. The van der Waals surface area contributed by atoms with Crippen molar-refractivity contribution in [2.24, 2.45) is 0 Å². The number of nitrogens with zero attached hydrogens (tertiary/aromatic N) is 3. The number of nitro groups is 1. The van der Waals surface area contributed by atoms with Gasteiger partial charge < -0.3 is 4.90 Å². The molecule has 2 rings (SSSR count). The van der Waals surface area contributed by atoms with E-state index in [1.54, 1.807) is 4.90 Å². The van der Waals surface area contributed by atoms with Crippen LogP contribution in [0.15, 0.2) is 18.2 Å². The standard InChI is InChI=1S/C14H14ClN3O3/c1-2-5-16-6-8-17(9-7-16)14(19)11-3-4-12(15)13(10-11)18(20)21/h1,3-4,10H,5-9H2. The van der Waals surface area contributed by atoms with Gasteiger partial charge in [0.05, 0.1) is 11.5 Å². The van der Waals surface area contributed by atoms with Crippen LogP contribution >= 0.6 is 11.6 Å². The molecule has 1 amide bonds. The quantitative estimate of drug-likeness (QED) is 0.484. The fourth-order valence-electron chi connectivity index (χ4n) is 2.21. The van der Waals surface area contributed by atoms with Crippen LogP contribution in [0.3, 0.4) is 0 Å². The molecule has 110 valence electrons. The van der Waals surface area contributed by atoms with E-state index in [0.29, 0.717) is 32.7 Å². The minimum absolute atomic E-state index is 0.0235. The van der Waals surface area contributed by atoms with Crippen molar-refractivity contribution in [1.82, 2.24) is 9.80 Å². The Morgan fingerprint density at radius 3 is 2.62 bits per heavy atom. The molecular weight excluding hydrogens is 294 g/mol. The molecule has 1 aromatic carbocycles. The molecule has 1 aromatic rings. The van der Waals surface area contributed by atoms with Crippen LogP contribution in [0.25, 0.3) is 0 Å². The fraction of sp³-hybridized carbons (Fsp3) is 0.357. The van der Waals surface area contributed by atoms with Crippen molar-refractivity contribution in [3.63, 3.8) is 0 Å². The van der Waals surface area contributed by atoms with Gasteiger partial charge in [0.25, 0.3) is 11.6 Å². The van der Waals surface area contributed by atoms with E-state index >= 15 is 0 Å². The van der Waals surface area contributed by atoms with Crippen molar-refractivity contribution in [3.8, 4) is 12.3 Å². The van der Waals surface area contributed by atoms with Crippen molar-refractivity contribution < 1.29 is 9.72 Å². The third-order valence-electron chi connectivity index (χ3n) is 3.36. The molecule has 0 aromatic heterocycles. The van der Waals surface area contributed by atoms with Gasteiger partial charge in [0.2, 0.25) is 0 Å². The molecule has 1 saturated heterocycles. The minimum atomic E-state index is -0.593. The van der Waals surface area contributed by atoms with E-state index in [1.807, 2.05) is 0 Å². The molecule has 1 aliphatic rings. The third kappa shape index (κ3) is 3.51. The molecule has 1 aliphatic heterocycles. The Hall–Kier alpha value is -2.10. The number of nitro benzene ring substituents is 1. The van der Waals surface area contributed by atoms with Gasteiger partial charge in [0, 0.05) is 37.8 Å². The molecule has 1 heterocycles. The Bertz CT molecular complexity index is 604. The first-order valence-electron chi connectivity index (χ1n) is 6.42. The first kappa shape index (κ1) is 15.3. The number of amides is 1. The van der Waals surface area contributed by atoms with Crippen molar-refractivity contribution in [2.45, 2.75) is 0 Å². The van der Waals surface area contributed by atoms with Gasteiger partial charge in [-0.05, 0) is 12.1 Å². The van der Waals surface area contributed by atoms with Gasteiger partial charge >= 0.3 is 0 Å². The maximum Gasteiger partial charge on any atom is 0.288 e. The molecule has 0 aliphatic carbocycles. The number of hydrogen-bond donors (Lipinski definition) is 0. The van der Waals surface area contributed by atoms with Crippen LogP contribution in [-0.4, -0.2) is 53.4 Å². The van der Waals surface area contributed by atoms with Gasteiger partial charge in [0.15, 0.2) is 0 Å². The van der Waals surface area contributed by atoms with Gasteiger partial charge in [-0.2, -0.15) is 0 Å². The van der Waals surface area contributed by atoms with Gasteiger partial charge in [-0.15, -0.1) is 6.42 Å². The molecule has 0 radical (unpaired) electrons. The fourth-order valence-corrected chi connectivity index (χ4v) is 2.39. The molecule has 7 heteroatoms. The molecule has 0 bridgehead atoms. The number of carbonyl (C=O) groups excluding carboxylic acids is 1. The Morgan fingerprint density at radius 1 is 1.38 bits per heavy atom. The van der Waals surface area contributed by atoms with Gasteiger partial charge in [0.1, 0.15) is 5.02 Å². The lowest BCUT2D eigenvalue weighted by molar-refractivity contribution is -0.384. The van der Waals surface area contributed by atoms with Crippen LogP contribution in [0.4, 0.5) is 5.69 Å². The lowest BCUT2D eigenvalue weighted by Crippen LogP contribution is -2.48. The summed E-state index contributed by atoms with van der Waals surface area (Å²) in [6.07, 6.45) is 5.26. The summed E-state index contributed by atoms with van der Waals surface area (Å²) < 4.78 is 0. The zero-order valence-corrected chi connectivity index (χ0v) is 12.0. The Balaban J connectivity index is 2.09. The number of benzene rings is 1. The summed E-state index contributed by atoms with van der Waals surface area (Å²) in [5.74, 6) is 2.35. The van der Waals surface area contributed by atoms with Crippen molar-refractivity contribution in [2.75, 3.05) is 32.7 Å². The second kappa shape index (κ2) is 6.57. The Labute approximate surface area is 127 Å². The highest BCUT2D eigenvalue weighted by Gasteiger charge is 2.23. The highest BCUT2D eigenvalue weighted by molar-refractivity contribution is 6.32. The highest BCUT2D eigenvalue weighted by Crippen LogP contribution is 2.25. The summed E-state index contributed by atoms with van der Waals surface area (Å²) in [6, 6.07) is 4.10. The molecule has 21 heavy (non-hydrogen) atoms. The zero-order chi connectivity index (χ0) is 15.4. The maximum absolute atomic E-state index is 12.4. The van der Waals surface area contributed by atoms with E-state index in [4.69, 9.17) is 18.0 Å². The number of hydrogen-bond acceptors (Lipinski definition) is 4. The number of piperazine rings is 1. The smallest absolute Gasteiger partial charge is 0.288 e. The SMILES string of the molecule is C#CCN1CCN(C(=O)c2ccc(Cl)c([N+](=O)[O-])c2)CC1. The Kier molecular flexibility index (Phi) is 4.78. The van der Waals surface area contributed by atoms with Gasteiger partial charge in [-0.1, -0.05) is 17.5 Å². The number of halogens is 1. The summed E-state index contributed by atoms with van der Waals surface area (Å²) in [5, 5.41) is 10.9. The van der Waals surface area contributed by atoms with Crippen LogP contribution in [0.1, 0.15) is 10.4 Å². The van der Waals surface area contributed by atoms with Crippen LogP contribution in [-0.2, 0) is 0 Å². The summed E-state index contributed by atoms with van der Waals surface area (Å²) in [4.78, 5) is 26.4. The molecule has 1 fully saturated rings. The lowest BCUT2D eigenvalue weighted by Gasteiger charge is -2.33. The summed E-state index contributed by atoms with van der Waals surface area (Å²) >= 11 is 5.74. The monoisotopic (exact) mass is 307 g/mol. The first-order valence-corrected chi connectivity index (χ1v) is 6.79. The maximum atomic E-state index is 12.4. The normalized spacial score (nSPS) is 15.5. The van der Waals surface area contributed by atoms with E-state index < -0.39 is 4.92 Å². The van der Waals surface area contributed by atoms with E-state index in [0.717, 1.165) is 0 Å². The number of rotatable bonds is 3. The van der Waals surface area contributed by atoms with Gasteiger partial charge in [-0.25, -0.2) is 0 Å². The number of terminal acetylenes is 1. The molecule has 0 unspecified atom stereocenters. The molecule has 0 saturated carbocycles. The summed E-state index contributed by atoms with van der Waals surface area (Å²) in [5.41, 5.74) is 0.0185. The zero-order valence-electron chi connectivity index (χ0n) is 11.3. The Morgan fingerprint density at radius 2 is 2.05 bits per heavy atom. The topological polar surface area (TPSA) is 66.7 Å². The van der Waals surface area contributed by atoms with E-state index in [-0.39, 0.29) is 22.2 Å². The van der Waals surface area contributed by atoms with Crippen LogP contribution < -0.4 is 0 Å². The minimum Gasteiger partial charge on any atom is -0.336 e. The van der Waals surface area contributed by atoms with E-state index in [9.17, 15) is 14.9 Å². The average Bonchev–Trinajstić information content (AvgIpc) is 2.48. The predicted molar refractivity (Wildman–Crippen MR) is 79.3 cm³/mol. The van der Waals surface area contributed by atoms with Crippen molar-refractivity contribution >= 4 is 23.2 Å². The molecule has 0 atom stereocenters. The first-order chi connectivity index (χ1) is 10.0. The van der Waals surface area contributed by atoms with E-state index in [1.165, 1.54) is 18.2 Å². The van der Waals surface area contributed by atoms with Crippen molar-refractivity contribution in [1.29, 1.82) is 0 Å². The summed E-state index contributed by atoms with van der Waals surface area (Å²) in [6.45, 7) is 3.07. The molecule has 0 spiro atoms. The van der Waals surface area contributed by atoms with Crippen molar-refractivity contribution in [3.05, 3.63) is 38.9 Å². The molecular formula is C14H14ClN3O3. The van der Waals surface area contributed by atoms with E-state index in [2.05, 4.69) is 10.8 Å². The molecule has 6 nitrogen and oxygen atoms in total. The molecule has 0 N–H and O–H groups in total. The van der Waals surface area contributed by atoms with Crippen LogP contribution in [0.2, 0.25) is 5.02 Å². The largest absolute Gasteiger partial charge is 0.336 e. The second-order valence-electron chi connectivity index (χ2n) is 4.70.